The Morgan fingerprint density at radius 2 is 1.65 bits per heavy atom. The highest BCUT2D eigenvalue weighted by Crippen LogP contribution is 2.23. The van der Waals surface area contributed by atoms with Crippen LogP contribution in [-0.2, 0) is 32.6 Å². The molecule has 3 aromatic carbocycles. The Labute approximate surface area is 225 Å². The van der Waals surface area contributed by atoms with Crippen LogP contribution in [-0.4, -0.2) is 50.5 Å². The molecule has 0 bridgehead atoms. The third-order valence-electron chi connectivity index (χ3n) is 5.66. The Morgan fingerprint density at radius 1 is 0.973 bits per heavy atom. The highest BCUT2D eigenvalue weighted by molar-refractivity contribution is 9.10. The topological polar surface area (TPSA) is 86.8 Å². The van der Waals surface area contributed by atoms with Crippen LogP contribution in [0.25, 0.3) is 0 Å². The molecule has 0 saturated carbocycles. The second-order valence-electron chi connectivity index (χ2n) is 8.50. The summed E-state index contributed by atoms with van der Waals surface area (Å²) in [5.41, 5.74) is 1.75. The van der Waals surface area contributed by atoms with Gasteiger partial charge in [0.1, 0.15) is 18.4 Å². The number of benzene rings is 3. The second-order valence-corrected chi connectivity index (χ2v) is 11.3. The van der Waals surface area contributed by atoms with Crippen molar-refractivity contribution in [3.05, 3.63) is 100 Å². The Hall–Kier alpha value is -3.24. The first-order valence-electron chi connectivity index (χ1n) is 11.7. The van der Waals surface area contributed by atoms with Crippen LogP contribution in [0.3, 0.4) is 0 Å². The molecule has 7 nitrogen and oxygen atoms in total. The minimum Gasteiger partial charge on any atom is -0.355 e. The average molecular weight is 591 g/mol. The molecule has 37 heavy (non-hydrogen) atoms. The SMILES string of the molecule is CCNC(=O)[C@@H](Cc1ccccc1)N(Cc1ccc(F)cc1)C(=O)CN(c1cccc(Br)c1)S(C)(=O)=O. The minimum atomic E-state index is -3.84. The highest BCUT2D eigenvalue weighted by atomic mass is 79.9. The Kier molecular flexibility index (Phi) is 9.82. The average Bonchev–Trinajstić information content (AvgIpc) is 2.85. The van der Waals surface area contributed by atoms with Crippen molar-refractivity contribution in [2.24, 2.45) is 0 Å². The summed E-state index contributed by atoms with van der Waals surface area (Å²) in [5, 5.41) is 2.79. The van der Waals surface area contributed by atoms with E-state index in [1.807, 2.05) is 30.3 Å². The summed E-state index contributed by atoms with van der Waals surface area (Å²) >= 11 is 3.34. The second kappa shape index (κ2) is 12.8. The van der Waals surface area contributed by atoms with Crippen LogP contribution in [0.4, 0.5) is 10.1 Å². The van der Waals surface area contributed by atoms with Crippen LogP contribution in [0.1, 0.15) is 18.1 Å². The zero-order valence-electron chi connectivity index (χ0n) is 20.6. The fourth-order valence-corrected chi connectivity index (χ4v) is 5.11. The van der Waals surface area contributed by atoms with Crippen LogP contribution >= 0.6 is 15.9 Å². The lowest BCUT2D eigenvalue weighted by atomic mass is 10.0. The number of sulfonamides is 1. The first-order chi connectivity index (χ1) is 17.6. The van der Waals surface area contributed by atoms with Gasteiger partial charge in [0.2, 0.25) is 21.8 Å². The van der Waals surface area contributed by atoms with Crippen molar-refractivity contribution < 1.29 is 22.4 Å². The number of rotatable bonds is 11. The quantitative estimate of drug-likeness (QED) is 0.364. The lowest BCUT2D eigenvalue weighted by Gasteiger charge is -2.33. The highest BCUT2D eigenvalue weighted by Gasteiger charge is 2.32. The van der Waals surface area contributed by atoms with Gasteiger partial charge in [0.15, 0.2) is 0 Å². The fourth-order valence-electron chi connectivity index (χ4n) is 3.88. The van der Waals surface area contributed by atoms with E-state index in [1.54, 1.807) is 31.2 Å². The molecule has 0 aliphatic rings. The molecule has 10 heteroatoms. The van der Waals surface area contributed by atoms with E-state index in [0.29, 0.717) is 22.3 Å². The van der Waals surface area contributed by atoms with E-state index < -0.39 is 34.3 Å². The van der Waals surface area contributed by atoms with Gasteiger partial charge >= 0.3 is 0 Å². The minimum absolute atomic E-state index is 0.0101. The maximum Gasteiger partial charge on any atom is 0.244 e. The van der Waals surface area contributed by atoms with Gasteiger partial charge in [0, 0.05) is 24.0 Å². The fraction of sp³-hybridized carbons (Fsp3) is 0.259. The summed E-state index contributed by atoms with van der Waals surface area (Å²) in [5.74, 6) is -1.36. The summed E-state index contributed by atoms with van der Waals surface area (Å²) in [6.07, 6.45) is 1.24. The number of likely N-dealkylation sites (N-methyl/N-ethyl adjacent to an activating group) is 1. The smallest absolute Gasteiger partial charge is 0.244 e. The molecule has 0 unspecified atom stereocenters. The maximum atomic E-state index is 13.8. The first-order valence-corrected chi connectivity index (χ1v) is 14.3. The van der Waals surface area contributed by atoms with Crippen molar-refractivity contribution in [3.8, 4) is 0 Å². The standard InChI is InChI=1S/C27H29BrFN3O4S/c1-3-30-27(34)25(16-20-8-5-4-6-9-20)31(18-21-12-14-23(29)15-13-21)26(33)19-32(37(2,35)36)24-11-7-10-22(28)17-24/h4-15,17,25H,3,16,18-19H2,1-2H3,(H,30,34)/t25-/m1/s1. The molecule has 3 aromatic rings. The number of anilines is 1. The Balaban J connectivity index is 2.03. The summed E-state index contributed by atoms with van der Waals surface area (Å²) in [7, 11) is -3.84. The third-order valence-corrected chi connectivity index (χ3v) is 7.30. The number of carbonyl (C=O) groups excluding carboxylic acids is 2. The molecule has 0 aliphatic carbocycles. The molecule has 1 N–H and O–H groups in total. The molecule has 1 atom stereocenters. The van der Waals surface area contributed by atoms with Crippen molar-refractivity contribution in [1.82, 2.24) is 10.2 Å². The van der Waals surface area contributed by atoms with E-state index in [0.717, 1.165) is 16.1 Å². The molecule has 0 fully saturated rings. The van der Waals surface area contributed by atoms with Gasteiger partial charge in [-0.2, -0.15) is 0 Å². The van der Waals surface area contributed by atoms with Crippen molar-refractivity contribution in [3.63, 3.8) is 0 Å². The molecule has 0 heterocycles. The largest absolute Gasteiger partial charge is 0.355 e. The molecule has 0 aliphatic heterocycles. The van der Waals surface area contributed by atoms with Gasteiger partial charge in [-0.15, -0.1) is 0 Å². The Bertz CT molecular complexity index is 1320. The van der Waals surface area contributed by atoms with Crippen LogP contribution in [0.2, 0.25) is 0 Å². The first kappa shape index (κ1) is 28.3. The van der Waals surface area contributed by atoms with Crippen molar-refractivity contribution in [2.75, 3.05) is 23.7 Å². The van der Waals surface area contributed by atoms with Gasteiger partial charge in [-0.1, -0.05) is 64.5 Å². The molecular formula is C27H29BrFN3O4S. The van der Waals surface area contributed by atoms with Gasteiger partial charge in [0.05, 0.1) is 11.9 Å². The zero-order valence-corrected chi connectivity index (χ0v) is 23.0. The summed E-state index contributed by atoms with van der Waals surface area (Å²) in [4.78, 5) is 28.4. The van der Waals surface area contributed by atoms with E-state index in [9.17, 15) is 22.4 Å². The van der Waals surface area contributed by atoms with E-state index in [2.05, 4.69) is 21.2 Å². The number of hydrogen-bond acceptors (Lipinski definition) is 4. The summed E-state index contributed by atoms with van der Waals surface area (Å²) in [6, 6.07) is 20.6. The van der Waals surface area contributed by atoms with Crippen LogP contribution < -0.4 is 9.62 Å². The zero-order chi connectivity index (χ0) is 27.0. The lowest BCUT2D eigenvalue weighted by molar-refractivity contribution is -0.140. The lowest BCUT2D eigenvalue weighted by Crippen LogP contribution is -2.53. The van der Waals surface area contributed by atoms with Gasteiger partial charge in [-0.05, 0) is 48.4 Å². The van der Waals surface area contributed by atoms with Gasteiger partial charge in [-0.3, -0.25) is 13.9 Å². The molecule has 0 spiro atoms. The normalized spacial score (nSPS) is 12.0. The predicted molar refractivity (Wildman–Crippen MR) is 146 cm³/mol. The van der Waals surface area contributed by atoms with E-state index >= 15 is 0 Å². The third kappa shape index (κ3) is 8.13. The molecule has 0 saturated heterocycles. The molecular weight excluding hydrogens is 561 g/mol. The van der Waals surface area contributed by atoms with Gasteiger partial charge in [-0.25, -0.2) is 12.8 Å². The van der Waals surface area contributed by atoms with Gasteiger partial charge < -0.3 is 10.2 Å². The van der Waals surface area contributed by atoms with Crippen LogP contribution in [0.5, 0.6) is 0 Å². The monoisotopic (exact) mass is 589 g/mol. The molecule has 3 rings (SSSR count). The molecule has 0 aromatic heterocycles. The maximum absolute atomic E-state index is 13.8. The number of carbonyl (C=O) groups is 2. The number of nitrogens with one attached hydrogen (secondary N) is 1. The van der Waals surface area contributed by atoms with E-state index in [-0.39, 0.29) is 18.9 Å². The molecule has 0 radical (unpaired) electrons. The summed E-state index contributed by atoms with van der Waals surface area (Å²) < 4.78 is 40.6. The van der Waals surface area contributed by atoms with Crippen molar-refractivity contribution in [2.45, 2.75) is 25.9 Å². The van der Waals surface area contributed by atoms with E-state index in [4.69, 9.17) is 0 Å². The van der Waals surface area contributed by atoms with Crippen LogP contribution in [0.15, 0.2) is 83.3 Å². The van der Waals surface area contributed by atoms with Crippen molar-refractivity contribution in [1.29, 1.82) is 0 Å². The van der Waals surface area contributed by atoms with Crippen LogP contribution in [0, 0.1) is 5.82 Å². The summed E-state index contributed by atoms with van der Waals surface area (Å²) in [6.45, 7) is 1.61. The predicted octanol–water partition coefficient (Wildman–Crippen LogP) is 4.13. The molecule has 2 amide bonds. The number of nitrogens with zero attached hydrogens (tertiary/aromatic N) is 2. The number of halogens is 2. The van der Waals surface area contributed by atoms with Gasteiger partial charge in [0.25, 0.3) is 0 Å². The number of hydrogen-bond donors (Lipinski definition) is 1. The van der Waals surface area contributed by atoms with E-state index in [1.165, 1.54) is 29.2 Å². The Morgan fingerprint density at radius 3 is 2.24 bits per heavy atom. The number of amides is 2. The molecule has 196 valence electrons. The van der Waals surface area contributed by atoms with Crippen molar-refractivity contribution >= 4 is 43.5 Å².